The van der Waals surface area contributed by atoms with E-state index in [0.717, 1.165) is 25.3 Å². The Labute approximate surface area is 139 Å². The molecule has 1 N–H and O–H groups in total. The monoisotopic (exact) mass is 341 g/mol. The summed E-state index contributed by atoms with van der Waals surface area (Å²) in [7, 11) is 0.603. The zero-order valence-corrected chi connectivity index (χ0v) is 15.2. The van der Waals surface area contributed by atoms with E-state index in [1.807, 2.05) is 7.05 Å². The molecule has 130 valence electrons. The first-order chi connectivity index (χ1) is 10.9. The van der Waals surface area contributed by atoms with Crippen LogP contribution in [0.4, 0.5) is 0 Å². The van der Waals surface area contributed by atoms with Gasteiger partial charge in [0.15, 0.2) is 15.8 Å². The molecule has 0 amide bonds. The molecule has 23 heavy (non-hydrogen) atoms. The Bertz CT molecular complexity index is 598. The van der Waals surface area contributed by atoms with Gasteiger partial charge in [0, 0.05) is 26.9 Å². The SMILES string of the molecule is CCCCN(C)C(=NC)NCCOc1ccc(S(C)(=O)=O)cc1. The summed E-state index contributed by atoms with van der Waals surface area (Å²) < 4.78 is 28.4. The third-order valence-corrected chi connectivity index (χ3v) is 4.45. The smallest absolute Gasteiger partial charge is 0.193 e. The van der Waals surface area contributed by atoms with Crippen LogP contribution in [0.2, 0.25) is 0 Å². The van der Waals surface area contributed by atoms with E-state index >= 15 is 0 Å². The number of aliphatic imine (C=N–C) groups is 1. The van der Waals surface area contributed by atoms with Crippen LogP contribution in [0.15, 0.2) is 34.2 Å². The van der Waals surface area contributed by atoms with E-state index in [2.05, 4.69) is 22.1 Å². The van der Waals surface area contributed by atoms with Crippen molar-refractivity contribution < 1.29 is 13.2 Å². The van der Waals surface area contributed by atoms with Gasteiger partial charge in [0.05, 0.1) is 11.4 Å². The Kier molecular flexibility index (Phi) is 7.88. The maximum absolute atomic E-state index is 11.4. The van der Waals surface area contributed by atoms with Crippen molar-refractivity contribution in [3.8, 4) is 5.75 Å². The van der Waals surface area contributed by atoms with Crippen molar-refractivity contribution in [2.24, 2.45) is 4.99 Å². The lowest BCUT2D eigenvalue weighted by Gasteiger charge is -2.21. The van der Waals surface area contributed by atoms with E-state index in [1.165, 1.54) is 6.26 Å². The number of hydrogen-bond acceptors (Lipinski definition) is 4. The average molecular weight is 341 g/mol. The maximum Gasteiger partial charge on any atom is 0.193 e. The minimum Gasteiger partial charge on any atom is -0.492 e. The number of unbranched alkanes of at least 4 members (excludes halogenated alkanes) is 1. The highest BCUT2D eigenvalue weighted by molar-refractivity contribution is 7.90. The van der Waals surface area contributed by atoms with Crippen molar-refractivity contribution in [1.82, 2.24) is 10.2 Å². The van der Waals surface area contributed by atoms with Crippen LogP contribution in [0.5, 0.6) is 5.75 Å². The Morgan fingerprint density at radius 3 is 2.48 bits per heavy atom. The fraction of sp³-hybridized carbons (Fsp3) is 0.562. The summed E-state index contributed by atoms with van der Waals surface area (Å²) in [5.41, 5.74) is 0. The van der Waals surface area contributed by atoms with Crippen LogP contribution in [-0.4, -0.2) is 59.3 Å². The number of nitrogens with zero attached hydrogens (tertiary/aromatic N) is 2. The molecule has 0 fully saturated rings. The average Bonchev–Trinajstić information content (AvgIpc) is 2.52. The van der Waals surface area contributed by atoms with Gasteiger partial charge in [0.1, 0.15) is 12.4 Å². The number of benzene rings is 1. The van der Waals surface area contributed by atoms with E-state index < -0.39 is 9.84 Å². The Morgan fingerprint density at radius 1 is 1.30 bits per heavy atom. The molecular formula is C16H27N3O3S. The molecule has 0 atom stereocenters. The van der Waals surface area contributed by atoms with E-state index in [1.54, 1.807) is 31.3 Å². The number of sulfone groups is 1. The highest BCUT2D eigenvalue weighted by Crippen LogP contribution is 2.15. The minimum atomic E-state index is -3.17. The molecule has 1 rings (SSSR count). The zero-order chi connectivity index (χ0) is 17.3. The molecule has 0 saturated heterocycles. The Morgan fingerprint density at radius 2 is 1.96 bits per heavy atom. The second-order valence-electron chi connectivity index (χ2n) is 5.34. The highest BCUT2D eigenvalue weighted by atomic mass is 32.2. The maximum atomic E-state index is 11.4. The van der Waals surface area contributed by atoms with Crippen molar-refractivity contribution in [2.75, 3.05) is 40.0 Å². The Balaban J connectivity index is 2.39. The fourth-order valence-electron chi connectivity index (χ4n) is 2.00. The summed E-state index contributed by atoms with van der Waals surface area (Å²) in [5.74, 6) is 1.49. The largest absolute Gasteiger partial charge is 0.492 e. The molecule has 0 spiro atoms. The lowest BCUT2D eigenvalue weighted by Crippen LogP contribution is -2.41. The van der Waals surface area contributed by atoms with Gasteiger partial charge in [-0.25, -0.2) is 8.42 Å². The lowest BCUT2D eigenvalue weighted by molar-refractivity contribution is 0.319. The van der Waals surface area contributed by atoms with Gasteiger partial charge in [0.2, 0.25) is 0 Å². The zero-order valence-electron chi connectivity index (χ0n) is 14.4. The molecule has 0 aliphatic heterocycles. The molecule has 0 bridgehead atoms. The van der Waals surface area contributed by atoms with E-state index in [9.17, 15) is 8.42 Å². The molecule has 0 saturated carbocycles. The highest BCUT2D eigenvalue weighted by Gasteiger charge is 2.07. The van der Waals surface area contributed by atoms with Crippen molar-refractivity contribution >= 4 is 15.8 Å². The van der Waals surface area contributed by atoms with Crippen molar-refractivity contribution in [2.45, 2.75) is 24.7 Å². The Hall–Kier alpha value is -1.76. The molecule has 1 aromatic carbocycles. The topological polar surface area (TPSA) is 71.0 Å². The fourth-order valence-corrected chi connectivity index (χ4v) is 2.63. The summed E-state index contributed by atoms with van der Waals surface area (Å²) >= 11 is 0. The van der Waals surface area contributed by atoms with Gasteiger partial charge in [-0.2, -0.15) is 0 Å². The molecular weight excluding hydrogens is 314 g/mol. The van der Waals surface area contributed by atoms with Crippen LogP contribution < -0.4 is 10.1 Å². The normalized spacial score (nSPS) is 12.1. The minimum absolute atomic E-state index is 0.293. The summed E-state index contributed by atoms with van der Waals surface area (Å²) in [6.07, 6.45) is 3.46. The summed E-state index contributed by atoms with van der Waals surface area (Å²) in [6.45, 7) is 4.22. The van der Waals surface area contributed by atoms with Gasteiger partial charge in [-0.15, -0.1) is 0 Å². The van der Waals surface area contributed by atoms with Gasteiger partial charge >= 0.3 is 0 Å². The van der Waals surface area contributed by atoms with Gasteiger partial charge in [0.25, 0.3) is 0 Å². The summed E-state index contributed by atoms with van der Waals surface area (Å²) in [5, 5.41) is 3.24. The number of hydrogen-bond donors (Lipinski definition) is 1. The van der Waals surface area contributed by atoms with Crippen LogP contribution in [0.1, 0.15) is 19.8 Å². The van der Waals surface area contributed by atoms with Crippen LogP contribution >= 0.6 is 0 Å². The molecule has 7 heteroatoms. The predicted octanol–water partition coefficient (Wildman–Crippen LogP) is 1.78. The second kappa shape index (κ2) is 9.39. The standard InChI is InChI=1S/C16H27N3O3S/c1-5-6-12-19(3)16(17-2)18-11-13-22-14-7-9-15(10-8-14)23(4,20)21/h7-10H,5-6,11-13H2,1-4H3,(H,17,18). The second-order valence-corrected chi connectivity index (χ2v) is 7.36. The van der Waals surface area contributed by atoms with Crippen LogP contribution in [0.3, 0.4) is 0 Å². The van der Waals surface area contributed by atoms with E-state index in [-0.39, 0.29) is 0 Å². The third-order valence-electron chi connectivity index (χ3n) is 3.33. The first-order valence-corrected chi connectivity index (χ1v) is 9.62. The van der Waals surface area contributed by atoms with Gasteiger partial charge in [-0.1, -0.05) is 13.3 Å². The molecule has 0 unspecified atom stereocenters. The number of guanidine groups is 1. The van der Waals surface area contributed by atoms with Crippen LogP contribution in [0, 0.1) is 0 Å². The summed E-state index contributed by atoms with van der Waals surface area (Å²) in [4.78, 5) is 6.61. The molecule has 0 radical (unpaired) electrons. The predicted molar refractivity (Wildman–Crippen MR) is 93.9 cm³/mol. The molecule has 0 aliphatic carbocycles. The van der Waals surface area contributed by atoms with E-state index in [0.29, 0.717) is 23.8 Å². The molecule has 0 aliphatic rings. The van der Waals surface area contributed by atoms with E-state index in [4.69, 9.17) is 4.74 Å². The third kappa shape index (κ3) is 6.90. The number of rotatable bonds is 8. The molecule has 1 aromatic rings. The van der Waals surface area contributed by atoms with Crippen molar-refractivity contribution in [1.29, 1.82) is 0 Å². The quantitative estimate of drug-likeness (QED) is 0.443. The summed E-state index contributed by atoms with van der Waals surface area (Å²) in [6, 6.07) is 6.43. The number of nitrogens with one attached hydrogen (secondary N) is 1. The van der Waals surface area contributed by atoms with Crippen molar-refractivity contribution in [3.63, 3.8) is 0 Å². The molecule has 0 aromatic heterocycles. The lowest BCUT2D eigenvalue weighted by atomic mass is 10.3. The van der Waals surface area contributed by atoms with Crippen LogP contribution in [-0.2, 0) is 9.84 Å². The molecule has 0 heterocycles. The van der Waals surface area contributed by atoms with Crippen LogP contribution in [0.25, 0.3) is 0 Å². The number of ether oxygens (including phenoxy) is 1. The first-order valence-electron chi connectivity index (χ1n) is 7.73. The van der Waals surface area contributed by atoms with Gasteiger partial charge in [-0.3, -0.25) is 4.99 Å². The van der Waals surface area contributed by atoms with Crippen molar-refractivity contribution in [3.05, 3.63) is 24.3 Å². The van der Waals surface area contributed by atoms with Gasteiger partial charge < -0.3 is 15.0 Å². The molecule has 6 nitrogen and oxygen atoms in total. The van der Waals surface area contributed by atoms with Gasteiger partial charge in [-0.05, 0) is 30.7 Å². The first kappa shape index (κ1) is 19.3.